The van der Waals surface area contributed by atoms with Crippen molar-refractivity contribution in [3.8, 4) is 0 Å². The molecule has 0 aromatic heterocycles. The minimum atomic E-state index is -4.64. The Bertz CT molecular complexity index is 931. The van der Waals surface area contributed by atoms with Gasteiger partial charge < -0.3 is 15.4 Å². The number of esters is 1. The molecule has 1 aliphatic carbocycles. The second kappa shape index (κ2) is 8.37. The fraction of sp³-hybridized carbons (Fsp3) is 0.474. The van der Waals surface area contributed by atoms with Gasteiger partial charge in [-0.1, -0.05) is 24.4 Å². The number of urea groups is 1. The predicted molar refractivity (Wildman–Crippen MR) is 102 cm³/mol. The Balaban J connectivity index is 1.59. The first-order chi connectivity index (χ1) is 14.4. The first-order valence-corrected chi connectivity index (χ1v) is 9.82. The number of anilines is 1. The Morgan fingerprint density at radius 1 is 1.29 bits per heavy atom. The molecule has 8 nitrogen and oxygen atoms in total. The standard InChI is InChI=1S/C19H19ClF3N3O5/c1-10(15(28)24-13-8-11(19(21,22)23)4-5-12(13)20)31-14(27)9-26-16(29)18(25-17(26)30)6-2-3-7-18/h4-5,8,10H,2-3,6-7,9H2,1H3,(H,24,28)(H,25,30). The van der Waals surface area contributed by atoms with Crippen LogP contribution in [0.4, 0.5) is 23.7 Å². The molecule has 0 bridgehead atoms. The third-order valence-corrected chi connectivity index (χ3v) is 5.55. The summed E-state index contributed by atoms with van der Waals surface area (Å²) in [5.41, 5.74) is -2.31. The van der Waals surface area contributed by atoms with E-state index in [1.165, 1.54) is 6.92 Å². The normalized spacial score (nSPS) is 18.8. The maximum Gasteiger partial charge on any atom is 0.416 e. The Labute approximate surface area is 180 Å². The average molecular weight is 462 g/mol. The molecule has 1 aromatic carbocycles. The number of halogens is 4. The van der Waals surface area contributed by atoms with Crippen LogP contribution in [0.15, 0.2) is 18.2 Å². The van der Waals surface area contributed by atoms with Crippen molar-refractivity contribution in [3.05, 3.63) is 28.8 Å². The lowest BCUT2D eigenvalue weighted by Crippen LogP contribution is -2.44. The largest absolute Gasteiger partial charge is 0.451 e. The van der Waals surface area contributed by atoms with E-state index < -0.39 is 53.7 Å². The predicted octanol–water partition coefficient (Wildman–Crippen LogP) is 3.09. The van der Waals surface area contributed by atoms with Crippen LogP contribution in [0.3, 0.4) is 0 Å². The second-order valence-corrected chi connectivity index (χ2v) is 7.83. The number of hydrogen-bond acceptors (Lipinski definition) is 5. The zero-order valence-corrected chi connectivity index (χ0v) is 17.1. The van der Waals surface area contributed by atoms with E-state index in [4.69, 9.17) is 16.3 Å². The number of alkyl halides is 3. The zero-order chi connectivity index (χ0) is 23.0. The van der Waals surface area contributed by atoms with E-state index >= 15 is 0 Å². The molecule has 2 fully saturated rings. The summed E-state index contributed by atoms with van der Waals surface area (Å²) in [4.78, 5) is 49.8. The Kier molecular flexibility index (Phi) is 6.17. The summed E-state index contributed by atoms with van der Waals surface area (Å²) in [6.45, 7) is 0.507. The van der Waals surface area contributed by atoms with Gasteiger partial charge in [0.25, 0.3) is 11.8 Å². The first-order valence-electron chi connectivity index (χ1n) is 9.44. The van der Waals surface area contributed by atoms with E-state index in [2.05, 4.69) is 10.6 Å². The first kappa shape index (κ1) is 22.9. The highest BCUT2D eigenvalue weighted by molar-refractivity contribution is 6.33. The van der Waals surface area contributed by atoms with Gasteiger partial charge in [-0.05, 0) is 38.0 Å². The van der Waals surface area contributed by atoms with Crippen molar-refractivity contribution >= 4 is 41.1 Å². The number of carbonyl (C=O) groups excluding carboxylic acids is 4. The van der Waals surface area contributed by atoms with E-state index in [0.717, 1.165) is 29.9 Å². The highest BCUT2D eigenvalue weighted by Crippen LogP contribution is 2.35. The second-order valence-electron chi connectivity index (χ2n) is 7.42. The Hall–Kier alpha value is -2.82. The van der Waals surface area contributed by atoms with Crippen molar-refractivity contribution in [2.75, 3.05) is 11.9 Å². The van der Waals surface area contributed by atoms with Crippen molar-refractivity contribution in [1.82, 2.24) is 10.2 Å². The summed E-state index contributed by atoms with van der Waals surface area (Å²) in [6, 6.07) is 1.68. The molecule has 0 radical (unpaired) electrons. The van der Waals surface area contributed by atoms with Gasteiger partial charge in [0, 0.05) is 0 Å². The van der Waals surface area contributed by atoms with Gasteiger partial charge in [0.15, 0.2) is 6.10 Å². The third-order valence-electron chi connectivity index (χ3n) is 5.22. The van der Waals surface area contributed by atoms with Crippen LogP contribution in [-0.2, 0) is 25.3 Å². The van der Waals surface area contributed by atoms with Crippen molar-refractivity contribution in [2.45, 2.75) is 50.4 Å². The van der Waals surface area contributed by atoms with Gasteiger partial charge in [-0.25, -0.2) is 4.79 Å². The lowest BCUT2D eigenvalue weighted by Gasteiger charge is -2.20. The van der Waals surface area contributed by atoms with Crippen molar-refractivity contribution in [3.63, 3.8) is 0 Å². The number of rotatable bonds is 5. The summed E-state index contributed by atoms with van der Waals surface area (Å²) >= 11 is 5.83. The van der Waals surface area contributed by atoms with Gasteiger partial charge in [0.05, 0.1) is 16.3 Å². The Morgan fingerprint density at radius 2 is 1.94 bits per heavy atom. The number of ether oxygens (including phenoxy) is 1. The fourth-order valence-corrected chi connectivity index (χ4v) is 3.75. The smallest absolute Gasteiger partial charge is 0.416 e. The van der Waals surface area contributed by atoms with Crippen LogP contribution in [0.25, 0.3) is 0 Å². The zero-order valence-electron chi connectivity index (χ0n) is 16.3. The molecule has 4 amide bonds. The molecule has 1 aromatic rings. The SMILES string of the molecule is CC(OC(=O)CN1C(=O)NC2(CCCC2)C1=O)C(=O)Nc1cc(C(F)(F)F)ccc1Cl. The molecule has 1 aliphatic heterocycles. The van der Waals surface area contributed by atoms with E-state index in [1.807, 2.05) is 0 Å². The quantitative estimate of drug-likeness (QED) is 0.518. The van der Waals surface area contributed by atoms with Crippen LogP contribution < -0.4 is 10.6 Å². The highest BCUT2D eigenvalue weighted by atomic mass is 35.5. The highest BCUT2D eigenvalue weighted by Gasteiger charge is 2.52. The van der Waals surface area contributed by atoms with Gasteiger partial charge >= 0.3 is 18.2 Å². The number of carbonyl (C=O) groups is 4. The summed E-state index contributed by atoms with van der Waals surface area (Å²) in [5.74, 6) is -2.46. The molecule has 1 atom stereocenters. The van der Waals surface area contributed by atoms with Crippen molar-refractivity contribution < 1.29 is 37.1 Å². The van der Waals surface area contributed by atoms with E-state index in [0.29, 0.717) is 18.9 Å². The van der Waals surface area contributed by atoms with Crippen LogP contribution in [0.1, 0.15) is 38.2 Å². The number of hydrogen-bond donors (Lipinski definition) is 2. The monoisotopic (exact) mass is 461 g/mol. The molecule has 2 aliphatic rings. The Morgan fingerprint density at radius 3 is 2.55 bits per heavy atom. The fourth-order valence-electron chi connectivity index (χ4n) is 3.59. The van der Waals surface area contributed by atoms with Crippen molar-refractivity contribution in [2.24, 2.45) is 0 Å². The molecule has 1 saturated carbocycles. The lowest BCUT2D eigenvalue weighted by molar-refractivity contribution is -0.155. The van der Waals surface area contributed by atoms with Crippen molar-refractivity contribution in [1.29, 1.82) is 0 Å². The topological polar surface area (TPSA) is 105 Å². The van der Waals surface area contributed by atoms with Gasteiger partial charge in [-0.3, -0.25) is 19.3 Å². The molecule has 1 saturated heterocycles. The van der Waals surface area contributed by atoms with Gasteiger partial charge in [0.2, 0.25) is 0 Å². The molecule has 3 rings (SSSR count). The molecule has 2 N–H and O–H groups in total. The number of nitrogens with zero attached hydrogens (tertiary/aromatic N) is 1. The summed E-state index contributed by atoms with van der Waals surface area (Å²) in [5, 5.41) is 4.64. The van der Waals surface area contributed by atoms with Gasteiger partial charge in [-0.2, -0.15) is 13.2 Å². The van der Waals surface area contributed by atoms with Crippen LogP contribution >= 0.6 is 11.6 Å². The minimum Gasteiger partial charge on any atom is -0.451 e. The van der Waals surface area contributed by atoms with Crippen LogP contribution in [0.5, 0.6) is 0 Å². The van der Waals surface area contributed by atoms with E-state index in [1.54, 1.807) is 0 Å². The third kappa shape index (κ3) is 4.76. The van der Waals surface area contributed by atoms with Gasteiger partial charge in [0.1, 0.15) is 12.1 Å². The van der Waals surface area contributed by atoms with Crippen LogP contribution in [-0.4, -0.2) is 46.9 Å². The van der Waals surface area contributed by atoms with Crippen LogP contribution in [0, 0.1) is 0 Å². The van der Waals surface area contributed by atoms with Crippen LogP contribution in [0.2, 0.25) is 5.02 Å². The molecular formula is C19H19ClF3N3O5. The van der Waals surface area contributed by atoms with Gasteiger partial charge in [-0.15, -0.1) is 0 Å². The summed E-state index contributed by atoms with van der Waals surface area (Å²) < 4.78 is 43.5. The number of benzene rings is 1. The number of nitrogens with one attached hydrogen (secondary N) is 2. The molecule has 1 unspecified atom stereocenters. The van der Waals surface area contributed by atoms with E-state index in [9.17, 15) is 32.3 Å². The minimum absolute atomic E-state index is 0.138. The maximum absolute atomic E-state index is 12.8. The molecular weight excluding hydrogens is 443 g/mol. The van der Waals surface area contributed by atoms with E-state index in [-0.39, 0.29) is 10.7 Å². The average Bonchev–Trinajstić information content (AvgIpc) is 3.23. The molecule has 1 heterocycles. The summed E-state index contributed by atoms with van der Waals surface area (Å²) in [6.07, 6.45) is -3.53. The maximum atomic E-state index is 12.8. The molecule has 1 spiro atoms. The molecule has 12 heteroatoms. The molecule has 31 heavy (non-hydrogen) atoms. The number of imide groups is 1. The summed E-state index contributed by atoms with van der Waals surface area (Å²) in [7, 11) is 0. The molecule has 168 valence electrons. The number of amides is 4. The lowest BCUT2D eigenvalue weighted by atomic mass is 9.98.